The summed E-state index contributed by atoms with van der Waals surface area (Å²) in [7, 11) is 0. The largest absolute Gasteiger partial charge is 0.433 e. The van der Waals surface area contributed by atoms with Gasteiger partial charge in [-0.25, -0.2) is 4.98 Å². The molecule has 0 spiro atoms. The van der Waals surface area contributed by atoms with Crippen molar-refractivity contribution in [3.63, 3.8) is 0 Å². The summed E-state index contributed by atoms with van der Waals surface area (Å²) in [6, 6.07) is 0.873. The van der Waals surface area contributed by atoms with Crippen molar-refractivity contribution < 1.29 is 18.3 Å². The lowest BCUT2D eigenvalue weighted by Crippen LogP contribution is -2.27. The van der Waals surface area contributed by atoms with Crippen LogP contribution in [-0.4, -0.2) is 22.7 Å². The minimum atomic E-state index is -4.49. The summed E-state index contributed by atoms with van der Waals surface area (Å²) in [6.07, 6.45) is -0.857. The molecule has 1 aliphatic carbocycles. The maximum Gasteiger partial charge on any atom is 0.433 e. The van der Waals surface area contributed by atoms with Crippen molar-refractivity contribution in [3.05, 3.63) is 18.0 Å². The van der Waals surface area contributed by atoms with Gasteiger partial charge in [-0.1, -0.05) is 6.42 Å². The first kappa shape index (κ1) is 13.9. The van der Waals surface area contributed by atoms with Gasteiger partial charge in [0, 0.05) is 18.6 Å². The van der Waals surface area contributed by atoms with E-state index >= 15 is 0 Å². The van der Waals surface area contributed by atoms with E-state index in [9.17, 15) is 18.3 Å². The molecule has 7 heteroatoms. The number of aliphatic hydroxyl groups is 1. The third-order valence-corrected chi connectivity index (χ3v) is 3.46. The molecular weight excluding hydrogens is 259 g/mol. The van der Waals surface area contributed by atoms with Crippen molar-refractivity contribution in [2.24, 2.45) is 5.92 Å². The molecule has 0 radical (unpaired) electrons. The SMILES string of the molecule is Nc1cnc(C(F)(F)F)cc1NC1CCCC1CO. The number of aromatic nitrogens is 1. The van der Waals surface area contributed by atoms with Gasteiger partial charge in [-0.3, -0.25) is 0 Å². The number of hydrogen-bond acceptors (Lipinski definition) is 4. The summed E-state index contributed by atoms with van der Waals surface area (Å²) in [5, 5.41) is 12.2. The zero-order valence-corrected chi connectivity index (χ0v) is 10.2. The molecule has 1 aromatic rings. The van der Waals surface area contributed by atoms with Gasteiger partial charge in [0.15, 0.2) is 0 Å². The van der Waals surface area contributed by atoms with Crippen LogP contribution >= 0.6 is 0 Å². The number of hydrogen-bond donors (Lipinski definition) is 3. The van der Waals surface area contributed by atoms with E-state index in [0.29, 0.717) is 0 Å². The number of nitrogens with one attached hydrogen (secondary N) is 1. The molecule has 0 bridgehead atoms. The van der Waals surface area contributed by atoms with Gasteiger partial charge in [0.25, 0.3) is 0 Å². The van der Waals surface area contributed by atoms with Gasteiger partial charge in [-0.2, -0.15) is 13.2 Å². The minimum Gasteiger partial charge on any atom is -0.396 e. The molecule has 0 saturated heterocycles. The average molecular weight is 275 g/mol. The molecule has 19 heavy (non-hydrogen) atoms. The standard InChI is InChI=1S/C12H16F3N3O/c13-12(14,15)11-4-10(8(16)5-17-11)18-9-3-1-2-7(9)6-19/h4-5,7,9,19H,1-3,6,16H2,(H,17,18). The number of halogens is 3. The smallest absolute Gasteiger partial charge is 0.396 e. The predicted molar refractivity (Wildman–Crippen MR) is 65.5 cm³/mol. The number of nitrogens with two attached hydrogens (primary N) is 1. The maximum atomic E-state index is 12.6. The molecule has 2 atom stereocenters. The Morgan fingerprint density at radius 1 is 1.42 bits per heavy atom. The van der Waals surface area contributed by atoms with Crippen molar-refractivity contribution in [1.29, 1.82) is 0 Å². The van der Waals surface area contributed by atoms with E-state index in [1.54, 1.807) is 0 Å². The second-order valence-electron chi connectivity index (χ2n) is 4.78. The van der Waals surface area contributed by atoms with Crippen LogP contribution in [0.15, 0.2) is 12.3 Å². The molecule has 2 rings (SSSR count). The highest BCUT2D eigenvalue weighted by molar-refractivity contribution is 5.66. The maximum absolute atomic E-state index is 12.6. The first-order valence-electron chi connectivity index (χ1n) is 6.12. The van der Waals surface area contributed by atoms with Gasteiger partial charge in [0.1, 0.15) is 5.69 Å². The van der Waals surface area contributed by atoms with Crippen molar-refractivity contribution in [2.45, 2.75) is 31.5 Å². The topological polar surface area (TPSA) is 71.2 Å². The molecular formula is C12H16F3N3O. The second-order valence-corrected chi connectivity index (χ2v) is 4.78. The van der Waals surface area contributed by atoms with E-state index in [2.05, 4.69) is 10.3 Å². The fourth-order valence-electron chi connectivity index (χ4n) is 2.39. The molecule has 106 valence electrons. The molecule has 4 nitrogen and oxygen atoms in total. The number of rotatable bonds is 3. The Kier molecular flexibility index (Phi) is 3.84. The van der Waals surface area contributed by atoms with Crippen LogP contribution in [0.2, 0.25) is 0 Å². The molecule has 2 unspecified atom stereocenters. The number of anilines is 2. The summed E-state index contributed by atoms with van der Waals surface area (Å²) >= 11 is 0. The van der Waals surface area contributed by atoms with Crippen LogP contribution in [0.5, 0.6) is 0 Å². The van der Waals surface area contributed by atoms with E-state index in [4.69, 9.17) is 5.73 Å². The summed E-state index contributed by atoms with van der Waals surface area (Å²) in [4.78, 5) is 3.28. The molecule has 0 aromatic carbocycles. The van der Waals surface area contributed by atoms with Crippen molar-refractivity contribution in [3.8, 4) is 0 Å². The number of nitrogens with zero attached hydrogens (tertiary/aromatic N) is 1. The van der Waals surface area contributed by atoms with E-state index in [-0.39, 0.29) is 29.9 Å². The van der Waals surface area contributed by atoms with Gasteiger partial charge in [0.05, 0.1) is 17.6 Å². The number of alkyl halides is 3. The molecule has 1 heterocycles. The number of nitrogen functional groups attached to an aromatic ring is 1. The quantitative estimate of drug-likeness (QED) is 0.791. The average Bonchev–Trinajstić information content (AvgIpc) is 2.77. The highest BCUT2D eigenvalue weighted by Gasteiger charge is 2.33. The first-order chi connectivity index (χ1) is 8.91. The van der Waals surface area contributed by atoms with Crippen LogP contribution in [0, 0.1) is 5.92 Å². The van der Waals surface area contributed by atoms with Crippen LogP contribution in [0.3, 0.4) is 0 Å². The van der Waals surface area contributed by atoms with Crippen LogP contribution in [0.4, 0.5) is 24.5 Å². The highest BCUT2D eigenvalue weighted by Crippen LogP contribution is 2.34. The summed E-state index contributed by atoms with van der Waals surface area (Å²) in [5.74, 6) is 0.0573. The van der Waals surface area contributed by atoms with Crippen molar-refractivity contribution in [1.82, 2.24) is 4.98 Å². The van der Waals surface area contributed by atoms with Gasteiger partial charge < -0.3 is 16.2 Å². The fraction of sp³-hybridized carbons (Fsp3) is 0.583. The van der Waals surface area contributed by atoms with Crippen molar-refractivity contribution >= 4 is 11.4 Å². The Hall–Kier alpha value is -1.50. The van der Waals surface area contributed by atoms with Gasteiger partial charge in [0.2, 0.25) is 0 Å². The molecule has 1 saturated carbocycles. The Bertz CT molecular complexity index is 450. The Morgan fingerprint density at radius 3 is 2.79 bits per heavy atom. The third-order valence-electron chi connectivity index (χ3n) is 3.46. The summed E-state index contributed by atoms with van der Waals surface area (Å²) in [6.45, 7) is 0.0226. The lowest BCUT2D eigenvalue weighted by Gasteiger charge is -2.21. The van der Waals surface area contributed by atoms with Crippen LogP contribution in [0.1, 0.15) is 25.0 Å². The molecule has 0 amide bonds. The molecule has 1 aliphatic rings. The molecule has 0 aliphatic heterocycles. The Balaban J connectivity index is 2.20. The van der Waals surface area contributed by atoms with Crippen molar-refractivity contribution in [2.75, 3.05) is 17.7 Å². The Labute approximate surface area is 108 Å². The fourth-order valence-corrected chi connectivity index (χ4v) is 2.39. The lowest BCUT2D eigenvalue weighted by atomic mass is 10.0. The van der Waals surface area contributed by atoms with Gasteiger partial charge in [-0.15, -0.1) is 0 Å². The van der Waals surface area contributed by atoms with Gasteiger partial charge in [-0.05, 0) is 18.9 Å². The predicted octanol–water partition coefficient (Wildman–Crippen LogP) is 2.26. The summed E-state index contributed by atoms with van der Waals surface area (Å²) < 4.78 is 37.8. The van der Waals surface area contributed by atoms with E-state index in [0.717, 1.165) is 31.5 Å². The van der Waals surface area contributed by atoms with E-state index in [1.807, 2.05) is 0 Å². The molecule has 4 N–H and O–H groups in total. The minimum absolute atomic E-state index is 0.0226. The number of pyridine rings is 1. The zero-order valence-electron chi connectivity index (χ0n) is 10.2. The van der Waals surface area contributed by atoms with Gasteiger partial charge >= 0.3 is 6.18 Å². The van der Waals surface area contributed by atoms with Crippen LogP contribution in [-0.2, 0) is 6.18 Å². The van der Waals surface area contributed by atoms with Crippen LogP contribution in [0.25, 0.3) is 0 Å². The molecule has 1 fully saturated rings. The molecule has 1 aromatic heterocycles. The monoisotopic (exact) mass is 275 g/mol. The zero-order chi connectivity index (χ0) is 14.0. The normalized spacial score (nSPS) is 23.6. The first-order valence-corrected chi connectivity index (χ1v) is 6.12. The summed E-state index contributed by atoms with van der Waals surface area (Å²) in [5.41, 5.74) is 5.08. The van der Waals surface area contributed by atoms with Crippen LogP contribution < -0.4 is 11.1 Å². The second kappa shape index (κ2) is 5.24. The van der Waals surface area contributed by atoms with E-state index < -0.39 is 11.9 Å². The number of aliphatic hydroxyl groups excluding tert-OH is 1. The Morgan fingerprint density at radius 2 is 2.16 bits per heavy atom. The highest BCUT2D eigenvalue weighted by atomic mass is 19.4. The van der Waals surface area contributed by atoms with E-state index in [1.165, 1.54) is 0 Å². The lowest BCUT2D eigenvalue weighted by molar-refractivity contribution is -0.141. The third kappa shape index (κ3) is 3.09.